The van der Waals surface area contributed by atoms with Crippen molar-refractivity contribution in [2.24, 2.45) is 11.8 Å². The molecule has 0 aromatic heterocycles. The van der Waals surface area contributed by atoms with Crippen LogP contribution >= 0.6 is 0 Å². The highest BCUT2D eigenvalue weighted by atomic mass is 16.5. The van der Waals surface area contributed by atoms with Crippen molar-refractivity contribution in [3.63, 3.8) is 0 Å². The molecule has 0 saturated carbocycles. The summed E-state index contributed by atoms with van der Waals surface area (Å²) in [5.74, 6) is -2.23. The van der Waals surface area contributed by atoms with Crippen LogP contribution in [0.2, 0.25) is 0 Å². The van der Waals surface area contributed by atoms with E-state index >= 15 is 0 Å². The number of carboxylic acids is 1. The van der Waals surface area contributed by atoms with Gasteiger partial charge in [-0.25, -0.2) is 4.79 Å². The van der Waals surface area contributed by atoms with Crippen molar-refractivity contribution in [2.45, 2.75) is 13.0 Å². The third-order valence-corrected chi connectivity index (χ3v) is 3.16. The molecule has 0 unspecified atom stereocenters. The first-order chi connectivity index (χ1) is 7.93. The van der Waals surface area contributed by atoms with Crippen LogP contribution in [0.1, 0.15) is 6.92 Å². The Morgan fingerprint density at radius 2 is 2.12 bits per heavy atom. The van der Waals surface area contributed by atoms with Gasteiger partial charge in [0.25, 0.3) is 0 Å². The van der Waals surface area contributed by atoms with Gasteiger partial charge in [0.05, 0.1) is 25.7 Å². The van der Waals surface area contributed by atoms with E-state index in [4.69, 9.17) is 0 Å². The molecule has 1 saturated heterocycles. The number of aliphatic hydroxyl groups excluding tert-OH is 1. The highest BCUT2D eigenvalue weighted by Crippen LogP contribution is 2.34. The van der Waals surface area contributed by atoms with E-state index in [1.54, 1.807) is 6.92 Å². The minimum Gasteiger partial charge on any atom is -0.481 e. The number of amides is 1. The number of hydrogen-bond donors (Lipinski definition) is 2. The number of carbonyl (C=O) groups is 2. The zero-order valence-electron chi connectivity index (χ0n) is 9.92. The van der Waals surface area contributed by atoms with Crippen LogP contribution in [-0.2, 0) is 9.53 Å². The molecular formula is C11H17NO5. The highest BCUT2D eigenvalue weighted by molar-refractivity contribution is 5.76. The molecule has 1 rings (SSSR count). The fourth-order valence-electron chi connectivity index (χ4n) is 2.26. The molecule has 0 spiro atoms. The van der Waals surface area contributed by atoms with Gasteiger partial charge in [-0.15, -0.1) is 0 Å². The highest BCUT2D eigenvalue weighted by Gasteiger charge is 2.48. The Balaban J connectivity index is 3.03. The Labute approximate surface area is 99.5 Å². The van der Waals surface area contributed by atoms with Crippen molar-refractivity contribution in [1.82, 2.24) is 4.90 Å². The maximum absolute atomic E-state index is 11.5. The lowest BCUT2D eigenvalue weighted by atomic mass is 9.86. The minimum absolute atomic E-state index is 0.213. The lowest BCUT2D eigenvalue weighted by Crippen LogP contribution is -2.42. The van der Waals surface area contributed by atoms with Crippen LogP contribution in [0, 0.1) is 11.8 Å². The number of aliphatic carboxylic acids is 1. The van der Waals surface area contributed by atoms with Crippen molar-refractivity contribution in [1.29, 1.82) is 0 Å². The molecule has 1 aliphatic heterocycles. The van der Waals surface area contributed by atoms with E-state index in [1.165, 1.54) is 12.0 Å². The molecule has 1 aliphatic rings. The number of methoxy groups -OCH3 is 1. The van der Waals surface area contributed by atoms with E-state index in [0.29, 0.717) is 5.57 Å². The number of carboxylic acid groups (broad SMARTS) is 1. The Hall–Kier alpha value is -1.56. The summed E-state index contributed by atoms with van der Waals surface area (Å²) < 4.78 is 4.58. The van der Waals surface area contributed by atoms with E-state index in [2.05, 4.69) is 11.3 Å². The minimum atomic E-state index is -1.04. The summed E-state index contributed by atoms with van der Waals surface area (Å²) in [6, 6.07) is -0.762. The predicted octanol–water partition coefficient (Wildman–Crippen LogP) is 0.322. The zero-order valence-corrected chi connectivity index (χ0v) is 9.92. The Morgan fingerprint density at radius 1 is 1.53 bits per heavy atom. The van der Waals surface area contributed by atoms with Gasteiger partial charge in [0.2, 0.25) is 0 Å². The third-order valence-electron chi connectivity index (χ3n) is 3.16. The summed E-state index contributed by atoms with van der Waals surface area (Å²) in [5, 5.41) is 18.4. The molecule has 2 N–H and O–H groups in total. The van der Waals surface area contributed by atoms with Crippen LogP contribution in [0.3, 0.4) is 0 Å². The quantitative estimate of drug-likeness (QED) is 0.697. The molecule has 1 amide bonds. The molecule has 6 nitrogen and oxygen atoms in total. The predicted molar refractivity (Wildman–Crippen MR) is 59.4 cm³/mol. The largest absolute Gasteiger partial charge is 0.481 e. The first kappa shape index (κ1) is 13.5. The maximum Gasteiger partial charge on any atom is 0.409 e. The summed E-state index contributed by atoms with van der Waals surface area (Å²) in [5.41, 5.74) is 0.683. The molecule has 6 heteroatoms. The van der Waals surface area contributed by atoms with Gasteiger partial charge in [0.15, 0.2) is 0 Å². The van der Waals surface area contributed by atoms with Crippen LogP contribution in [0.4, 0.5) is 4.79 Å². The van der Waals surface area contributed by atoms with Crippen LogP contribution < -0.4 is 0 Å². The molecule has 1 heterocycles. The number of aliphatic hydroxyl groups is 1. The smallest absolute Gasteiger partial charge is 0.409 e. The lowest BCUT2D eigenvalue weighted by molar-refractivity contribution is -0.143. The van der Waals surface area contributed by atoms with Gasteiger partial charge < -0.3 is 19.8 Å². The van der Waals surface area contributed by atoms with Crippen molar-refractivity contribution in [3.05, 3.63) is 12.2 Å². The first-order valence-electron chi connectivity index (χ1n) is 5.27. The molecule has 0 aromatic carbocycles. The van der Waals surface area contributed by atoms with Crippen LogP contribution in [0.15, 0.2) is 12.2 Å². The van der Waals surface area contributed by atoms with Crippen molar-refractivity contribution in [2.75, 3.05) is 20.3 Å². The number of ether oxygens (including phenoxy) is 1. The molecule has 0 radical (unpaired) electrons. The zero-order chi connectivity index (χ0) is 13.2. The summed E-state index contributed by atoms with van der Waals surface area (Å²) in [7, 11) is 1.22. The van der Waals surface area contributed by atoms with E-state index < -0.39 is 30.6 Å². The van der Waals surface area contributed by atoms with Gasteiger partial charge in [-0.05, 0) is 6.92 Å². The molecule has 0 aromatic rings. The molecule has 3 atom stereocenters. The standard InChI is InChI=1S/C11H17NO5/c1-6(2)7-4-12(11(16)17-3)8(5-13)9(7)10(14)15/h7-9,13H,1,4-5H2,2-3H3,(H,14,15)/t7-,8-,9+/m1/s1. The fourth-order valence-corrected chi connectivity index (χ4v) is 2.26. The molecule has 96 valence electrons. The average molecular weight is 243 g/mol. The Bertz CT molecular complexity index is 341. The second-order valence-electron chi connectivity index (χ2n) is 4.19. The summed E-state index contributed by atoms with van der Waals surface area (Å²) in [6.07, 6.45) is -0.626. The van der Waals surface area contributed by atoms with Gasteiger partial charge in [0, 0.05) is 12.5 Å². The molecule has 0 bridgehead atoms. The molecular weight excluding hydrogens is 226 g/mol. The van der Waals surface area contributed by atoms with Crippen molar-refractivity contribution < 1.29 is 24.5 Å². The topological polar surface area (TPSA) is 87.1 Å². The number of carbonyl (C=O) groups excluding carboxylic acids is 1. The lowest BCUT2D eigenvalue weighted by Gasteiger charge is -2.23. The van der Waals surface area contributed by atoms with Crippen molar-refractivity contribution >= 4 is 12.1 Å². The van der Waals surface area contributed by atoms with Crippen LogP contribution in [0.25, 0.3) is 0 Å². The number of rotatable bonds is 3. The number of hydrogen-bond acceptors (Lipinski definition) is 4. The normalized spacial score (nSPS) is 27.9. The SMILES string of the molecule is C=C(C)[C@H]1CN(C(=O)OC)[C@H](CO)[C@H]1C(=O)O. The van der Waals surface area contributed by atoms with E-state index in [-0.39, 0.29) is 12.5 Å². The number of nitrogens with zero attached hydrogens (tertiary/aromatic N) is 1. The molecule has 17 heavy (non-hydrogen) atoms. The average Bonchev–Trinajstić information content (AvgIpc) is 2.67. The Morgan fingerprint density at radius 3 is 2.47 bits per heavy atom. The molecule has 1 fully saturated rings. The first-order valence-corrected chi connectivity index (χ1v) is 5.27. The summed E-state index contributed by atoms with van der Waals surface area (Å²) in [4.78, 5) is 23.9. The number of likely N-dealkylation sites (tertiary alicyclic amines) is 1. The summed E-state index contributed by atoms with van der Waals surface area (Å²) >= 11 is 0. The van der Waals surface area contributed by atoms with Gasteiger partial charge in [-0.1, -0.05) is 12.2 Å². The third kappa shape index (κ3) is 2.41. The summed E-state index contributed by atoms with van der Waals surface area (Å²) in [6.45, 7) is 5.26. The van der Waals surface area contributed by atoms with Gasteiger partial charge in [0.1, 0.15) is 0 Å². The van der Waals surface area contributed by atoms with Gasteiger partial charge in [-0.3, -0.25) is 4.79 Å². The monoisotopic (exact) mass is 243 g/mol. The van der Waals surface area contributed by atoms with Crippen molar-refractivity contribution in [3.8, 4) is 0 Å². The maximum atomic E-state index is 11.5. The van der Waals surface area contributed by atoms with E-state index in [0.717, 1.165) is 0 Å². The fraction of sp³-hybridized carbons (Fsp3) is 0.636. The van der Waals surface area contributed by atoms with Crippen LogP contribution in [0.5, 0.6) is 0 Å². The second kappa shape index (κ2) is 5.18. The van der Waals surface area contributed by atoms with E-state index in [1.807, 2.05) is 0 Å². The molecule has 0 aliphatic carbocycles. The van der Waals surface area contributed by atoms with E-state index in [9.17, 15) is 19.8 Å². The van der Waals surface area contributed by atoms with Crippen LogP contribution in [-0.4, -0.2) is 53.5 Å². The van der Waals surface area contributed by atoms with Gasteiger partial charge in [-0.2, -0.15) is 0 Å². The van der Waals surface area contributed by atoms with Gasteiger partial charge >= 0.3 is 12.1 Å². The second-order valence-corrected chi connectivity index (χ2v) is 4.19. The Kier molecular flexibility index (Phi) is 4.11.